The molecule has 0 aromatic carbocycles. The van der Waals surface area contributed by atoms with Crippen molar-refractivity contribution < 1.29 is 0 Å². The summed E-state index contributed by atoms with van der Waals surface area (Å²) in [7, 11) is 0. The first-order valence-electron chi connectivity index (χ1n) is 6.94. The SMILES string of the molecule is CC(C)c1nnc2sc(C3NCCCC3(C)C)nn12. The van der Waals surface area contributed by atoms with Crippen molar-refractivity contribution in [2.24, 2.45) is 5.41 Å². The van der Waals surface area contributed by atoms with Gasteiger partial charge in [-0.3, -0.25) is 0 Å². The second-order valence-corrected chi connectivity index (χ2v) is 7.31. The fourth-order valence-corrected chi connectivity index (χ4v) is 3.89. The molecule has 19 heavy (non-hydrogen) atoms. The van der Waals surface area contributed by atoms with E-state index in [1.54, 1.807) is 11.3 Å². The summed E-state index contributed by atoms with van der Waals surface area (Å²) in [6.07, 6.45) is 2.48. The van der Waals surface area contributed by atoms with Crippen molar-refractivity contribution in [3.05, 3.63) is 10.8 Å². The molecule has 0 amide bonds. The average molecular weight is 279 g/mol. The highest BCUT2D eigenvalue weighted by Crippen LogP contribution is 2.41. The van der Waals surface area contributed by atoms with Gasteiger partial charge in [0, 0.05) is 5.92 Å². The Morgan fingerprint density at radius 3 is 2.84 bits per heavy atom. The van der Waals surface area contributed by atoms with Gasteiger partial charge in [0.2, 0.25) is 4.96 Å². The molecule has 3 rings (SSSR count). The standard InChI is InChI=1S/C13H21N5S/c1-8(2)10-15-16-12-18(10)17-11(19-12)9-13(3,4)6-5-7-14-9/h8-9,14H,5-7H2,1-4H3. The van der Waals surface area contributed by atoms with Crippen molar-refractivity contribution in [2.45, 2.75) is 52.5 Å². The zero-order valence-corrected chi connectivity index (χ0v) is 12.8. The van der Waals surface area contributed by atoms with Gasteiger partial charge in [-0.1, -0.05) is 39.0 Å². The summed E-state index contributed by atoms with van der Waals surface area (Å²) in [5, 5.41) is 18.0. The normalized spacial score (nSPS) is 23.3. The van der Waals surface area contributed by atoms with E-state index < -0.39 is 0 Å². The van der Waals surface area contributed by atoms with Crippen molar-refractivity contribution in [3.8, 4) is 0 Å². The lowest BCUT2D eigenvalue weighted by Gasteiger charge is -2.37. The first-order chi connectivity index (χ1) is 8.99. The number of aromatic nitrogens is 4. The number of nitrogens with one attached hydrogen (secondary N) is 1. The lowest BCUT2D eigenvalue weighted by molar-refractivity contribution is 0.180. The van der Waals surface area contributed by atoms with Crippen LogP contribution in [0.3, 0.4) is 0 Å². The summed E-state index contributed by atoms with van der Waals surface area (Å²) in [5.41, 5.74) is 0.250. The zero-order chi connectivity index (χ0) is 13.6. The van der Waals surface area contributed by atoms with Crippen LogP contribution in [0.15, 0.2) is 0 Å². The van der Waals surface area contributed by atoms with Crippen molar-refractivity contribution in [2.75, 3.05) is 6.54 Å². The van der Waals surface area contributed by atoms with Gasteiger partial charge >= 0.3 is 0 Å². The maximum atomic E-state index is 4.76. The summed E-state index contributed by atoms with van der Waals surface area (Å²) in [6.45, 7) is 9.95. The van der Waals surface area contributed by atoms with Gasteiger partial charge in [0.25, 0.3) is 0 Å². The molecule has 0 radical (unpaired) electrons. The van der Waals surface area contributed by atoms with Gasteiger partial charge < -0.3 is 5.32 Å². The molecule has 5 nitrogen and oxygen atoms in total. The third-order valence-corrected chi connectivity index (χ3v) is 4.89. The summed E-state index contributed by atoms with van der Waals surface area (Å²) in [6, 6.07) is 0.327. The Kier molecular flexibility index (Phi) is 3.09. The Labute approximate surface area is 117 Å². The minimum Gasteiger partial charge on any atom is -0.307 e. The Bertz CT molecular complexity index is 583. The Balaban J connectivity index is 2.01. The average Bonchev–Trinajstić information content (AvgIpc) is 2.86. The van der Waals surface area contributed by atoms with Gasteiger partial charge in [0.1, 0.15) is 5.01 Å². The van der Waals surface area contributed by atoms with Crippen molar-refractivity contribution >= 4 is 16.3 Å². The quantitative estimate of drug-likeness (QED) is 0.918. The van der Waals surface area contributed by atoms with E-state index in [-0.39, 0.29) is 5.41 Å². The summed E-state index contributed by atoms with van der Waals surface area (Å²) >= 11 is 1.66. The molecule has 3 heterocycles. The lowest BCUT2D eigenvalue weighted by Crippen LogP contribution is -2.39. The van der Waals surface area contributed by atoms with Gasteiger partial charge in [-0.2, -0.15) is 9.61 Å². The first-order valence-corrected chi connectivity index (χ1v) is 7.76. The Morgan fingerprint density at radius 1 is 1.37 bits per heavy atom. The Hall–Kier alpha value is -1.01. The third kappa shape index (κ3) is 2.17. The summed E-state index contributed by atoms with van der Waals surface area (Å²) < 4.78 is 1.91. The number of hydrogen-bond donors (Lipinski definition) is 1. The van der Waals surface area contributed by atoms with Crippen LogP contribution in [0.2, 0.25) is 0 Å². The van der Waals surface area contributed by atoms with E-state index in [2.05, 4.69) is 43.2 Å². The molecule has 0 bridgehead atoms. The fourth-order valence-electron chi connectivity index (χ4n) is 2.76. The molecule has 1 unspecified atom stereocenters. The summed E-state index contributed by atoms with van der Waals surface area (Å²) in [4.78, 5) is 0.905. The van der Waals surface area contributed by atoms with Crippen molar-refractivity contribution in [1.82, 2.24) is 25.1 Å². The van der Waals surface area contributed by atoms with Gasteiger partial charge in [-0.25, -0.2) is 0 Å². The van der Waals surface area contributed by atoms with Crippen LogP contribution in [0, 0.1) is 5.41 Å². The van der Waals surface area contributed by atoms with Gasteiger partial charge in [-0.15, -0.1) is 10.2 Å². The van der Waals surface area contributed by atoms with Crippen LogP contribution >= 0.6 is 11.3 Å². The summed E-state index contributed by atoms with van der Waals surface area (Å²) in [5.74, 6) is 1.29. The minimum absolute atomic E-state index is 0.250. The highest BCUT2D eigenvalue weighted by Gasteiger charge is 2.35. The molecule has 0 spiro atoms. The number of hydrogen-bond acceptors (Lipinski definition) is 5. The van der Waals surface area contributed by atoms with Gasteiger partial charge in [0.15, 0.2) is 5.82 Å². The van der Waals surface area contributed by atoms with Crippen LogP contribution in [0.5, 0.6) is 0 Å². The molecule has 0 saturated carbocycles. The molecule has 104 valence electrons. The topological polar surface area (TPSA) is 55.1 Å². The van der Waals surface area contributed by atoms with E-state index in [4.69, 9.17) is 5.10 Å². The van der Waals surface area contributed by atoms with Crippen LogP contribution in [-0.4, -0.2) is 26.4 Å². The predicted octanol–water partition coefficient (Wildman–Crippen LogP) is 2.76. The molecular weight excluding hydrogens is 258 g/mol. The second kappa shape index (κ2) is 4.52. The smallest absolute Gasteiger partial charge is 0.234 e. The number of piperidine rings is 1. The van der Waals surface area contributed by atoms with E-state index in [0.29, 0.717) is 12.0 Å². The van der Waals surface area contributed by atoms with Crippen LogP contribution in [0.1, 0.15) is 63.3 Å². The van der Waals surface area contributed by atoms with Crippen LogP contribution in [0.25, 0.3) is 4.96 Å². The molecule has 2 aromatic rings. The molecule has 2 aromatic heterocycles. The monoisotopic (exact) mass is 279 g/mol. The fraction of sp³-hybridized carbons (Fsp3) is 0.769. The number of rotatable bonds is 2. The highest BCUT2D eigenvalue weighted by atomic mass is 32.1. The predicted molar refractivity (Wildman–Crippen MR) is 76.5 cm³/mol. The molecule has 6 heteroatoms. The number of fused-ring (bicyclic) bond motifs is 1. The van der Waals surface area contributed by atoms with E-state index in [1.165, 1.54) is 12.8 Å². The van der Waals surface area contributed by atoms with Gasteiger partial charge in [0.05, 0.1) is 6.04 Å². The van der Waals surface area contributed by atoms with Crippen molar-refractivity contribution in [1.29, 1.82) is 0 Å². The van der Waals surface area contributed by atoms with Gasteiger partial charge in [-0.05, 0) is 24.8 Å². The van der Waals surface area contributed by atoms with Crippen LogP contribution in [0.4, 0.5) is 0 Å². The molecule has 1 aliphatic heterocycles. The maximum Gasteiger partial charge on any atom is 0.234 e. The second-order valence-electron chi connectivity index (χ2n) is 6.33. The largest absolute Gasteiger partial charge is 0.307 e. The third-order valence-electron chi connectivity index (χ3n) is 3.92. The lowest BCUT2D eigenvalue weighted by atomic mass is 9.78. The Morgan fingerprint density at radius 2 is 2.16 bits per heavy atom. The molecule has 1 atom stereocenters. The van der Waals surface area contributed by atoms with E-state index in [0.717, 1.165) is 22.3 Å². The van der Waals surface area contributed by atoms with E-state index in [1.807, 2.05) is 4.52 Å². The zero-order valence-electron chi connectivity index (χ0n) is 12.0. The molecule has 1 N–H and O–H groups in total. The van der Waals surface area contributed by atoms with E-state index >= 15 is 0 Å². The van der Waals surface area contributed by atoms with Crippen molar-refractivity contribution in [3.63, 3.8) is 0 Å². The van der Waals surface area contributed by atoms with Crippen LogP contribution in [-0.2, 0) is 0 Å². The number of nitrogens with zero attached hydrogens (tertiary/aromatic N) is 4. The molecular formula is C13H21N5S. The highest BCUT2D eigenvalue weighted by molar-refractivity contribution is 7.16. The maximum absolute atomic E-state index is 4.76. The molecule has 0 aliphatic carbocycles. The first kappa shape index (κ1) is 13.0. The minimum atomic E-state index is 0.250. The molecule has 1 saturated heterocycles. The van der Waals surface area contributed by atoms with E-state index in [9.17, 15) is 0 Å². The molecule has 1 aliphatic rings. The molecule has 1 fully saturated rings. The van der Waals surface area contributed by atoms with Crippen LogP contribution < -0.4 is 5.32 Å².